The van der Waals surface area contributed by atoms with Crippen molar-refractivity contribution < 1.29 is 14.3 Å². The summed E-state index contributed by atoms with van der Waals surface area (Å²) in [5.41, 5.74) is 2.01. The first-order valence-corrected chi connectivity index (χ1v) is 13.6. The highest BCUT2D eigenvalue weighted by Gasteiger charge is 2.25. The predicted molar refractivity (Wildman–Crippen MR) is 136 cm³/mol. The van der Waals surface area contributed by atoms with Crippen molar-refractivity contribution >= 4 is 39.2 Å². The molecule has 1 aliphatic carbocycles. The summed E-state index contributed by atoms with van der Waals surface area (Å²) in [4.78, 5) is 33.1. The molecule has 9 heteroatoms. The summed E-state index contributed by atoms with van der Waals surface area (Å²) in [5.74, 6) is 1.54. The highest BCUT2D eigenvalue weighted by molar-refractivity contribution is 7.99. The van der Waals surface area contributed by atoms with Gasteiger partial charge in [0.2, 0.25) is 5.91 Å². The third kappa shape index (κ3) is 4.43. The van der Waals surface area contributed by atoms with Gasteiger partial charge in [-0.1, -0.05) is 30.7 Å². The maximum Gasteiger partial charge on any atom is 0.263 e. The molecule has 3 heterocycles. The fourth-order valence-electron chi connectivity index (χ4n) is 4.70. The van der Waals surface area contributed by atoms with Crippen molar-refractivity contribution in [3.63, 3.8) is 0 Å². The lowest BCUT2D eigenvalue weighted by Crippen LogP contribution is -2.30. The second-order valence-corrected chi connectivity index (χ2v) is 11.1. The molecule has 5 rings (SSSR count). The summed E-state index contributed by atoms with van der Waals surface area (Å²) < 4.78 is 13.1. The molecule has 0 spiro atoms. The van der Waals surface area contributed by atoms with Crippen LogP contribution >= 0.6 is 23.1 Å². The minimum atomic E-state index is -0.181. The normalized spacial score (nSPS) is 16.7. The molecule has 7 nitrogen and oxygen atoms in total. The summed E-state index contributed by atoms with van der Waals surface area (Å²) in [6, 6.07) is 5.72. The molecular weight excluding hydrogens is 470 g/mol. The molecule has 0 saturated heterocycles. The number of ether oxygens (including phenoxy) is 2. The van der Waals surface area contributed by atoms with Gasteiger partial charge in [0.05, 0.1) is 17.2 Å². The van der Waals surface area contributed by atoms with Crippen LogP contribution in [0.2, 0.25) is 0 Å². The number of nitrogens with zero attached hydrogens (tertiary/aromatic N) is 2. The van der Waals surface area contributed by atoms with Gasteiger partial charge in [0.1, 0.15) is 18.0 Å². The number of amides is 1. The number of nitrogens with one attached hydrogen (secondary N) is 1. The van der Waals surface area contributed by atoms with Gasteiger partial charge in [-0.15, -0.1) is 11.3 Å². The molecule has 1 unspecified atom stereocenters. The van der Waals surface area contributed by atoms with Crippen molar-refractivity contribution in [2.75, 3.05) is 19.0 Å². The Balaban J connectivity index is 1.33. The van der Waals surface area contributed by atoms with Crippen LogP contribution in [0.5, 0.6) is 11.5 Å². The van der Waals surface area contributed by atoms with E-state index in [1.165, 1.54) is 11.8 Å². The number of fused-ring (bicyclic) bond motifs is 2. The van der Waals surface area contributed by atoms with E-state index in [9.17, 15) is 9.59 Å². The van der Waals surface area contributed by atoms with E-state index in [2.05, 4.69) is 5.32 Å². The zero-order chi connectivity index (χ0) is 23.8. The Labute approximate surface area is 206 Å². The number of hydrogen-bond acceptors (Lipinski definition) is 7. The quantitative estimate of drug-likeness (QED) is 0.383. The van der Waals surface area contributed by atoms with E-state index >= 15 is 0 Å². The molecule has 2 aliphatic rings. The lowest BCUT2D eigenvalue weighted by atomic mass is 10.1. The molecule has 34 heavy (non-hydrogen) atoms. The molecule has 1 N–H and O–H groups in total. The number of hydrogen-bond donors (Lipinski definition) is 1. The maximum atomic E-state index is 13.5. The summed E-state index contributed by atoms with van der Waals surface area (Å²) in [6.07, 6.45) is 4.20. The highest BCUT2D eigenvalue weighted by atomic mass is 32.2. The van der Waals surface area contributed by atoms with Crippen LogP contribution < -0.4 is 20.3 Å². The smallest absolute Gasteiger partial charge is 0.263 e. The molecule has 1 fully saturated rings. The molecule has 0 bridgehead atoms. The lowest BCUT2D eigenvalue weighted by molar-refractivity contribution is -0.119. The summed E-state index contributed by atoms with van der Waals surface area (Å²) >= 11 is 2.90. The standard InChI is InChI=1S/C25H29N3O4S2/c1-14-16(3)34-23-22(14)24(30)28(18-6-4-5-7-18)25(27-23)33-13-21(29)26-15(2)17-8-9-19-20(12-17)32-11-10-31-19/h8-9,12,15,18H,4-7,10-11,13H2,1-3H3,(H,26,29). The van der Waals surface area contributed by atoms with E-state index in [0.717, 1.165) is 57.7 Å². The van der Waals surface area contributed by atoms with Crippen molar-refractivity contribution in [3.05, 3.63) is 44.6 Å². The number of benzene rings is 1. The van der Waals surface area contributed by atoms with Gasteiger partial charge in [-0.05, 0) is 56.9 Å². The molecule has 1 aromatic carbocycles. The number of aryl methyl sites for hydroxylation is 2. The SMILES string of the molecule is Cc1sc2nc(SCC(=O)NC(C)c3ccc4c(c3)OCCO4)n(C3CCCC3)c(=O)c2c1C. The Bertz CT molecular complexity index is 1290. The van der Waals surface area contributed by atoms with E-state index < -0.39 is 0 Å². The van der Waals surface area contributed by atoms with Crippen molar-refractivity contribution in [2.45, 2.75) is 63.7 Å². The van der Waals surface area contributed by atoms with Crippen molar-refractivity contribution in [2.24, 2.45) is 0 Å². The summed E-state index contributed by atoms with van der Waals surface area (Å²) in [5, 5.41) is 4.44. The van der Waals surface area contributed by atoms with Crippen LogP contribution in [0, 0.1) is 13.8 Å². The minimum Gasteiger partial charge on any atom is -0.486 e. The second-order valence-electron chi connectivity index (χ2n) is 8.95. The molecule has 1 saturated carbocycles. The topological polar surface area (TPSA) is 82.4 Å². The molecular formula is C25H29N3O4S2. The first kappa shape index (κ1) is 23.2. The largest absolute Gasteiger partial charge is 0.486 e. The number of thiophene rings is 1. The van der Waals surface area contributed by atoms with Crippen molar-refractivity contribution in [3.8, 4) is 11.5 Å². The van der Waals surface area contributed by atoms with Crippen LogP contribution in [0.1, 0.15) is 60.7 Å². The summed E-state index contributed by atoms with van der Waals surface area (Å²) in [7, 11) is 0. The molecule has 1 aliphatic heterocycles. The minimum absolute atomic E-state index is 0.0336. The first-order chi connectivity index (χ1) is 16.4. The fraction of sp³-hybridized carbons (Fsp3) is 0.480. The maximum absolute atomic E-state index is 13.5. The molecule has 1 atom stereocenters. The van der Waals surface area contributed by atoms with Crippen molar-refractivity contribution in [1.29, 1.82) is 0 Å². The third-order valence-corrected chi connectivity index (χ3v) is 8.72. The van der Waals surface area contributed by atoms with Crippen LogP contribution in [0.3, 0.4) is 0 Å². The molecule has 180 valence electrons. The Morgan fingerprint density at radius 2 is 1.97 bits per heavy atom. The third-order valence-electron chi connectivity index (χ3n) is 6.67. The fourth-order valence-corrected chi connectivity index (χ4v) is 6.65. The van der Waals surface area contributed by atoms with E-state index in [4.69, 9.17) is 14.5 Å². The van der Waals surface area contributed by atoms with Crippen LogP contribution in [-0.2, 0) is 4.79 Å². The van der Waals surface area contributed by atoms with E-state index in [1.54, 1.807) is 11.3 Å². The van der Waals surface area contributed by atoms with Gasteiger partial charge in [-0.3, -0.25) is 14.2 Å². The van der Waals surface area contributed by atoms with Gasteiger partial charge in [0.15, 0.2) is 16.7 Å². The van der Waals surface area contributed by atoms with Gasteiger partial charge in [-0.25, -0.2) is 4.98 Å². The monoisotopic (exact) mass is 499 g/mol. The number of carbonyl (C=O) groups is 1. The number of thioether (sulfide) groups is 1. The lowest BCUT2D eigenvalue weighted by Gasteiger charge is -2.21. The molecule has 3 aromatic rings. The Morgan fingerprint density at radius 1 is 1.24 bits per heavy atom. The van der Waals surface area contributed by atoms with Gasteiger partial charge < -0.3 is 14.8 Å². The number of aromatic nitrogens is 2. The van der Waals surface area contributed by atoms with Gasteiger partial charge in [-0.2, -0.15) is 0 Å². The van der Waals surface area contributed by atoms with Gasteiger partial charge in [0.25, 0.3) is 5.56 Å². The van der Waals surface area contributed by atoms with Crippen LogP contribution in [-0.4, -0.2) is 34.4 Å². The van der Waals surface area contributed by atoms with Crippen molar-refractivity contribution in [1.82, 2.24) is 14.9 Å². The van der Waals surface area contributed by atoms with Gasteiger partial charge in [0, 0.05) is 10.9 Å². The summed E-state index contributed by atoms with van der Waals surface area (Å²) in [6.45, 7) is 7.05. The second kappa shape index (κ2) is 9.62. The molecule has 0 radical (unpaired) electrons. The Hall–Kier alpha value is -2.52. The first-order valence-electron chi connectivity index (χ1n) is 11.8. The van der Waals surface area contributed by atoms with E-state index in [-0.39, 0.29) is 29.3 Å². The van der Waals surface area contributed by atoms with E-state index in [1.807, 2.05) is 43.5 Å². The average molecular weight is 500 g/mol. The zero-order valence-electron chi connectivity index (χ0n) is 19.7. The van der Waals surface area contributed by atoms with E-state index in [0.29, 0.717) is 24.1 Å². The Morgan fingerprint density at radius 3 is 2.74 bits per heavy atom. The Kier molecular flexibility index (Phi) is 6.57. The van der Waals surface area contributed by atoms with Crippen LogP contribution in [0.15, 0.2) is 28.2 Å². The molecule has 1 amide bonds. The predicted octanol–water partition coefficient (Wildman–Crippen LogP) is 4.93. The van der Waals surface area contributed by atoms with Gasteiger partial charge >= 0.3 is 0 Å². The van der Waals surface area contributed by atoms with Crippen LogP contribution in [0.4, 0.5) is 0 Å². The number of carbonyl (C=O) groups excluding carboxylic acids is 1. The van der Waals surface area contributed by atoms with Crippen LogP contribution in [0.25, 0.3) is 10.2 Å². The zero-order valence-corrected chi connectivity index (χ0v) is 21.3. The molecule has 2 aromatic heterocycles. The average Bonchev–Trinajstić information content (AvgIpc) is 3.45. The highest BCUT2D eigenvalue weighted by Crippen LogP contribution is 2.35. The number of rotatable bonds is 6.